The van der Waals surface area contributed by atoms with Gasteiger partial charge in [-0.15, -0.1) is 0 Å². The van der Waals surface area contributed by atoms with Crippen molar-refractivity contribution >= 4 is 40.7 Å². The maximum Gasteiger partial charge on any atom is 0.264 e. The fourth-order valence-corrected chi connectivity index (χ4v) is 8.25. The number of benzene rings is 3. The minimum atomic E-state index is -1.53. The minimum absolute atomic E-state index is 0.00146. The van der Waals surface area contributed by atoms with Gasteiger partial charge in [-0.1, -0.05) is 49.4 Å². The van der Waals surface area contributed by atoms with E-state index >= 15 is 0 Å². The lowest BCUT2D eigenvalue weighted by atomic mass is 9.70. The Balaban J connectivity index is 1.24. The molecule has 50 heavy (non-hydrogen) atoms. The largest absolute Gasteiger partial charge is 0.395 e. The fraction of sp³-hybridized carbons (Fsp3) is 0.436. The van der Waals surface area contributed by atoms with Crippen LogP contribution < -0.4 is 14.7 Å². The summed E-state index contributed by atoms with van der Waals surface area (Å²) >= 11 is 0. The molecule has 4 aliphatic rings. The summed E-state index contributed by atoms with van der Waals surface area (Å²) in [6.45, 7) is 6.97. The van der Waals surface area contributed by atoms with Crippen LogP contribution in [0.3, 0.4) is 0 Å². The van der Waals surface area contributed by atoms with Gasteiger partial charge in [-0.25, -0.2) is 0 Å². The highest BCUT2D eigenvalue weighted by atomic mass is 16.5. The molecular formula is C39H44N4O7. The maximum absolute atomic E-state index is 14.9. The van der Waals surface area contributed by atoms with E-state index in [1.807, 2.05) is 79.7 Å². The first-order valence-corrected chi connectivity index (χ1v) is 17.4. The standard InChI is InChI=1S/C39H44N4O7/c1-25-36(38(2,3)49)32(22-35(47)40(19-20-44)23-26-7-5-4-6-8-26)50-39(25)30-21-29(42-18-16-34(42)46)13-14-31(30)43(37(39)48)24-27-9-11-28(12-10-27)41-17-15-33(41)45/h4-14,21,25,32,36,44,49H,15-20,22-24H2,1-3H3/t25-,32+,36-,39+/m0/s1. The SMILES string of the molecule is C[C@H]1[C@H](C(C)(C)O)[C@@H](CC(=O)N(CCO)Cc2ccccc2)O[C@]12C(=O)N(Cc1ccc(N3CCC3=O)cc1)c1ccc(N3CCC3=O)cc12. The van der Waals surface area contributed by atoms with Crippen molar-refractivity contribution in [1.82, 2.24) is 4.90 Å². The molecule has 3 aromatic carbocycles. The van der Waals surface area contributed by atoms with E-state index in [1.54, 1.807) is 33.4 Å². The first kappa shape index (κ1) is 33.9. The Bertz CT molecular complexity index is 1810. The summed E-state index contributed by atoms with van der Waals surface area (Å²) < 4.78 is 6.91. The molecule has 262 valence electrons. The highest BCUT2D eigenvalue weighted by Crippen LogP contribution is 2.58. The van der Waals surface area contributed by atoms with Gasteiger partial charge in [-0.05, 0) is 55.3 Å². The topological polar surface area (TPSA) is 131 Å². The van der Waals surface area contributed by atoms with Crippen molar-refractivity contribution in [3.05, 3.63) is 89.5 Å². The van der Waals surface area contributed by atoms with E-state index in [0.29, 0.717) is 49.4 Å². The summed E-state index contributed by atoms with van der Waals surface area (Å²) in [5.41, 5.74) is 1.66. The molecule has 2 N–H and O–H groups in total. The smallest absolute Gasteiger partial charge is 0.264 e. The number of fused-ring (bicyclic) bond motifs is 2. The van der Waals surface area contributed by atoms with Crippen LogP contribution in [0.2, 0.25) is 0 Å². The summed E-state index contributed by atoms with van der Waals surface area (Å²) in [6, 6.07) is 22.7. The molecule has 0 aromatic heterocycles. The number of nitrogens with zero attached hydrogens (tertiary/aromatic N) is 4. The molecule has 4 heterocycles. The van der Waals surface area contributed by atoms with Crippen molar-refractivity contribution in [3.63, 3.8) is 0 Å². The van der Waals surface area contributed by atoms with E-state index < -0.39 is 29.1 Å². The molecule has 1 spiro atoms. The molecule has 0 unspecified atom stereocenters. The zero-order valence-corrected chi connectivity index (χ0v) is 28.7. The number of ether oxygens (including phenoxy) is 1. The molecule has 3 fully saturated rings. The van der Waals surface area contributed by atoms with Crippen LogP contribution in [0.4, 0.5) is 17.1 Å². The molecule has 3 saturated heterocycles. The molecule has 4 aliphatic heterocycles. The number of aliphatic hydroxyl groups is 2. The van der Waals surface area contributed by atoms with Crippen LogP contribution in [-0.2, 0) is 42.6 Å². The molecule has 3 aromatic rings. The van der Waals surface area contributed by atoms with Crippen molar-refractivity contribution in [2.24, 2.45) is 11.8 Å². The van der Waals surface area contributed by atoms with E-state index in [4.69, 9.17) is 4.74 Å². The zero-order chi connectivity index (χ0) is 35.4. The van der Waals surface area contributed by atoms with Crippen LogP contribution in [0.5, 0.6) is 0 Å². The quantitative estimate of drug-likeness (QED) is 0.295. The number of hydrogen-bond acceptors (Lipinski definition) is 7. The fourth-order valence-electron chi connectivity index (χ4n) is 8.25. The Hall–Kier alpha value is -4.58. The third-order valence-corrected chi connectivity index (χ3v) is 10.9. The molecular weight excluding hydrogens is 636 g/mol. The van der Waals surface area contributed by atoms with Crippen molar-refractivity contribution in [3.8, 4) is 0 Å². The molecule has 4 amide bonds. The number of rotatable bonds is 11. The average Bonchev–Trinajstić information content (AvgIpc) is 3.50. The molecule has 0 saturated carbocycles. The van der Waals surface area contributed by atoms with Crippen molar-refractivity contribution < 1.29 is 34.1 Å². The summed E-state index contributed by atoms with van der Waals surface area (Å²) in [5, 5.41) is 21.4. The van der Waals surface area contributed by atoms with Gasteiger partial charge < -0.3 is 34.5 Å². The Labute approximate surface area is 292 Å². The van der Waals surface area contributed by atoms with Gasteiger partial charge in [0.1, 0.15) is 0 Å². The van der Waals surface area contributed by atoms with Gasteiger partial charge in [0.15, 0.2) is 5.60 Å². The van der Waals surface area contributed by atoms with E-state index in [2.05, 4.69) is 0 Å². The second kappa shape index (κ2) is 12.9. The molecule has 4 atom stereocenters. The summed E-state index contributed by atoms with van der Waals surface area (Å²) in [4.78, 5) is 60.1. The number of amides is 4. The lowest BCUT2D eigenvalue weighted by Crippen LogP contribution is -2.46. The zero-order valence-electron chi connectivity index (χ0n) is 28.7. The molecule has 11 nitrogen and oxygen atoms in total. The van der Waals surface area contributed by atoms with Crippen LogP contribution in [0, 0.1) is 11.8 Å². The van der Waals surface area contributed by atoms with Crippen molar-refractivity contribution in [1.29, 1.82) is 0 Å². The van der Waals surface area contributed by atoms with E-state index in [-0.39, 0.29) is 49.7 Å². The number of β-lactam (4-membered cyclic amide) rings is 2. The van der Waals surface area contributed by atoms with E-state index in [1.165, 1.54) is 0 Å². The molecule has 7 rings (SSSR count). The van der Waals surface area contributed by atoms with E-state index in [9.17, 15) is 29.4 Å². The Morgan fingerprint density at radius 1 is 0.920 bits per heavy atom. The van der Waals surface area contributed by atoms with Crippen LogP contribution in [0.25, 0.3) is 0 Å². The lowest BCUT2D eigenvalue weighted by molar-refractivity contribution is -0.150. The minimum Gasteiger partial charge on any atom is -0.395 e. The van der Waals surface area contributed by atoms with Gasteiger partial charge >= 0.3 is 0 Å². The van der Waals surface area contributed by atoms with Crippen LogP contribution in [-0.4, -0.2) is 76.7 Å². The van der Waals surface area contributed by atoms with Crippen molar-refractivity contribution in [2.75, 3.05) is 40.9 Å². The summed E-state index contributed by atoms with van der Waals surface area (Å²) in [5.74, 6) is -1.63. The van der Waals surface area contributed by atoms with Crippen LogP contribution in [0.1, 0.15) is 56.7 Å². The van der Waals surface area contributed by atoms with Gasteiger partial charge in [-0.3, -0.25) is 19.2 Å². The third kappa shape index (κ3) is 5.76. The normalized spacial score (nSPS) is 24.5. The second-order valence-electron chi connectivity index (χ2n) is 14.4. The Morgan fingerprint density at radius 2 is 1.56 bits per heavy atom. The van der Waals surface area contributed by atoms with Gasteiger partial charge in [0, 0.05) is 67.8 Å². The summed E-state index contributed by atoms with van der Waals surface area (Å²) in [6.07, 6.45) is 0.0692. The highest BCUT2D eigenvalue weighted by molar-refractivity contribution is 6.09. The highest BCUT2D eigenvalue weighted by Gasteiger charge is 2.66. The van der Waals surface area contributed by atoms with Gasteiger partial charge in [0.2, 0.25) is 17.7 Å². The van der Waals surface area contributed by atoms with E-state index in [0.717, 1.165) is 16.8 Å². The monoisotopic (exact) mass is 680 g/mol. The molecule has 0 radical (unpaired) electrons. The predicted octanol–water partition coefficient (Wildman–Crippen LogP) is 3.74. The summed E-state index contributed by atoms with van der Waals surface area (Å²) in [7, 11) is 0. The number of carbonyl (C=O) groups excluding carboxylic acids is 4. The second-order valence-corrected chi connectivity index (χ2v) is 14.4. The maximum atomic E-state index is 14.9. The Morgan fingerprint density at radius 3 is 2.14 bits per heavy atom. The number of aliphatic hydroxyl groups excluding tert-OH is 1. The first-order chi connectivity index (χ1) is 23.9. The lowest BCUT2D eigenvalue weighted by Gasteiger charge is -2.35. The van der Waals surface area contributed by atoms with Crippen LogP contribution >= 0.6 is 0 Å². The van der Waals surface area contributed by atoms with Gasteiger partial charge in [0.05, 0.1) is 37.0 Å². The molecule has 0 aliphatic carbocycles. The first-order valence-electron chi connectivity index (χ1n) is 17.4. The number of hydrogen-bond donors (Lipinski definition) is 2. The third-order valence-electron chi connectivity index (χ3n) is 10.9. The average molecular weight is 681 g/mol. The van der Waals surface area contributed by atoms with Gasteiger partial charge in [0.25, 0.3) is 5.91 Å². The number of anilines is 3. The van der Waals surface area contributed by atoms with Crippen molar-refractivity contribution in [2.45, 2.75) is 70.4 Å². The molecule has 0 bridgehead atoms. The Kier molecular flexibility index (Phi) is 8.78. The predicted molar refractivity (Wildman–Crippen MR) is 187 cm³/mol. The van der Waals surface area contributed by atoms with Crippen LogP contribution in [0.15, 0.2) is 72.8 Å². The van der Waals surface area contributed by atoms with Gasteiger partial charge in [-0.2, -0.15) is 0 Å². The number of carbonyl (C=O) groups is 4. The molecule has 11 heteroatoms.